The molecule has 0 unspecified atom stereocenters. The van der Waals surface area contributed by atoms with E-state index >= 15 is 0 Å². The number of rotatable bonds is 2. The summed E-state index contributed by atoms with van der Waals surface area (Å²) in [6.07, 6.45) is 1.48. The number of ketones is 2. The Hall–Kier alpha value is -3.15. The van der Waals surface area contributed by atoms with Gasteiger partial charge in [0.05, 0.1) is 31.7 Å². The quantitative estimate of drug-likeness (QED) is 0.615. The highest BCUT2D eigenvalue weighted by molar-refractivity contribution is 6.32. The molecule has 1 heterocycles. The van der Waals surface area contributed by atoms with Gasteiger partial charge >= 0.3 is 0 Å². The average molecular weight is 308 g/mol. The van der Waals surface area contributed by atoms with Crippen molar-refractivity contribution in [1.29, 1.82) is 0 Å². The average Bonchev–Trinajstić information content (AvgIpc) is 3.06. The second-order valence-electron chi connectivity index (χ2n) is 5.15. The minimum atomic E-state index is -0.268. The Morgan fingerprint density at radius 1 is 0.913 bits per heavy atom. The highest BCUT2D eigenvalue weighted by atomic mass is 16.5. The van der Waals surface area contributed by atoms with Gasteiger partial charge in [0, 0.05) is 11.1 Å². The number of aromatic amines is 1. The first-order valence-corrected chi connectivity index (χ1v) is 6.98. The van der Waals surface area contributed by atoms with Crippen molar-refractivity contribution in [3.8, 4) is 11.5 Å². The maximum atomic E-state index is 12.9. The molecule has 1 N–H and O–H groups in total. The molecule has 0 atom stereocenters. The third-order valence-electron chi connectivity index (χ3n) is 4.06. The third kappa shape index (κ3) is 1.60. The summed E-state index contributed by atoms with van der Waals surface area (Å²) in [7, 11) is 2.91. The van der Waals surface area contributed by atoms with E-state index < -0.39 is 0 Å². The number of nitrogens with zero attached hydrogens (tertiary/aromatic N) is 1. The van der Waals surface area contributed by atoms with Crippen molar-refractivity contribution in [2.75, 3.05) is 14.2 Å². The van der Waals surface area contributed by atoms with E-state index in [-0.39, 0.29) is 28.4 Å². The molecule has 0 spiro atoms. The minimum Gasteiger partial charge on any atom is -0.494 e. The van der Waals surface area contributed by atoms with Crippen molar-refractivity contribution >= 4 is 22.6 Å². The van der Waals surface area contributed by atoms with Crippen molar-refractivity contribution < 1.29 is 19.1 Å². The third-order valence-corrected chi connectivity index (χ3v) is 4.06. The van der Waals surface area contributed by atoms with E-state index in [9.17, 15) is 9.59 Å². The van der Waals surface area contributed by atoms with Gasteiger partial charge in [0.2, 0.25) is 0 Å². The number of hydrogen-bond acceptors (Lipinski definition) is 5. The number of aromatic nitrogens is 2. The molecule has 0 aliphatic heterocycles. The number of benzene rings is 2. The Morgan fingerprint density at radius 3 is 2.04 bits per heavy atom. The van der Waals surface area contributed by atoms with Gasteiger partial charge in [-0.25, -0.2) is 4.98 Å². The lowest BCUT2D eigenvalue weighted by Crippen LogP contribution is -2.22. The van der Waals surface area contributed by atoms with Crippen LogP contribution in [0, 0.1) is 0 Å². The summed E-state index contributed by atoms with van der Waals surface area (Å²) >= 11 is 0. The Labute approximate surface area is 131 Å². The second kappa shape index (κ2) is 4.67. The molecule has 0 saturated heterocycles. The number of nitrogens with one attached hydrogen (secondary N) is 1. The molecule has 4 rings (SSSR count). The molecular formula is C17H12N2O4. The van der Waals surface area contributed by atoms with E-state index in [1.807, 2.05) is 0 Å². The van der Waals surface area contributed by atoms with E-state index in [4.69, 9.17) is 9.47 Å². The van der Waals surface area contributed by atoms with E-state index in [0.29, 0.717) is 27.9 Å². The highest BCUT2D eigenvalue weighted by Crippen LogP contribution is 2.43. The predicted octanol–water partition coefficient (Wildman–Crippen LogP) is 2.36. The number of imidazole rings is 1. The molecule has 1 aromatic heterocycles. The van der Waals surface area contributed by atoms with E-state index in [2.05, 4.69) is 9.97 Å². The number of carbonyl (C=O) groups excluding carboxylic acids is 2. The van der Waals surface area contributed by atoms with Gasteiger partial charge in [0.25, 0.3) is 0 Å². The van der Waals surface area contributed by atoms with Gasteiger partial charge in [-0.2, -0.15) is 0 Å². The summed E-state index contributed by atoms with van der Waals surface area (Å²) in [5.41, 5.74) is 2.13. The molecule has 114 valence electrons. The minimum absolute atomic E-state index is 0.202. The number of hydrogen-bond donors (Lipinski definition) is 1. The van der Waals surface area contributed by atoms with Crippen LogP contribution in [0.5, 0.6) is 11.5 Å². The van der Waals surface area contributed by atoms with Crippen LogP contribution in [0.1, 0.15) is 31.8 Å². The monoisotopic (exact) mass is 308 g/mol. The Bertz CT molecular complexity index is 911. The van der Waals surface area contributed by atoms with Crippen molar-refractivity contribution in [3.05, 3.63) is 52.8 Å². The lowest BCUT2D eigenvalue weighted by Gasteiger charge is -2.22. The standard InChI is InChI=1S/C17H12N2O4/c1-22-16-10-11(17(23-2)13-12(16)18-7-19-13)15(21)9-6-4-3-5-8(9)14(10)20/h3-7H,1-2H3,(H,18,19). The maximum absolute atomic E-state index is 12.9. The van der Waals surface area contributed by atoms with Crippen LogP contribution in [-0.4, -0.2) is 35.8 Å². The summed E-state index contributed by atoms with van der Waals surface area (Å²) in [4.78, 5) is 33.0. The zero-order valence-electron chi connectivity index (χ0n) is 12.5. The van der Waals surface area contributed by atoms with E-state index in [1.165, 1.54) is 20.5 Å². The first kappa shape index (κ1) is 13.5. The fraction of sp³-hybridized carbons (Fsp3) is 0.118. The lowest BCUT2D eigenvalue weighted by atomic mass is 9.82. The molecule has 2 aromatic carbocycles. The van der Waals surface area contributed by atoms with Crippen LogP contribution in [0.2, 0.25) is 0 Å². The molecule has 3 aromatic rings. The number of ether oxygens (including phenoxy) is 2. The van der Waals surface area contributed by atoms with Crippen LogP contribution < -0.4 is 9.47 Å². The van der Waals surface area contributed by atoms with Gasteiger partial charge < -0.3 is 14.5 Å². The van der Waals surface area contributed by atoms with Gasteiger partial charge in [-0.15, -0.1) is 0 Å². The molecule has 0 fully saturated rings. The first-order valence-electron chi connectivity index (χ1n) is 6.98. The first-order chi connectivity index (χ1) is 11.2. The van der Waals surface area contributed by atoms with Crippen LogP contribution in [0.15, 0.2) is 30.6 Å². The molecule has 6 nitrogen and oxygen atoms in total. The molecule has 0 radical (unpaired) electrons. The molecule has 1 aliphatic carbocycles. The maximum Gasteiger partial charge on any atom is 0.198 e. The SMILES string of the molecule is COc1c2c(c(OC)c3[nH]cnc13)C(=O)c1ccccc1C2=O. The molecule has 0 bridgehead atoms. The Morgan fingerprint density at radius 2 is 1.48 bits per heavy atom. The lowest BCUT2D eigenvalue weighted by molar-refractivity contribution is 0.0974. The molecule has 23 heavy (non-hydrogen) atoms. The largest absolute Gasteiger partial charge is 0.494 e. The molecular weight excluding hydrogens is 296 g/mol. The summed E-state index contributed by atoms with van der Waals surface area (Å²) in [5, 5.41) is 0. The van der Waals surface area contributed by atoms with Gasteiger partial charge in [-0.1, -0.05) is 24.3 Å². The molecule has 0 amide bonds. The van der Waals surface area contributed by atoms with E-state index in [1.54, 1.807) is 24.3 Å². The van der Waals surface area contributed by atoms with Crippen LogP contribution in [0.25, 0.3) is 11.0 Å². The van der Waals surface area contributed by atoms with E-state index in [0.717, 1.165) is 0 Å². The smallest absolute Gasteiger partial charge is 0.198 e. The van der Waals surface area contributed by atoms with Gasteiger partial charge in [-0.05, 0) is 0 Å². The zero-order valence-corrected chi connectivity index (χ0v) is 12.5. The van der Waals surface area contributed by atoms with Crippen molar-refractivity contribution in [2.24, 2.45) is 0 Å². The molecule has 6 heteroatoms. The topological polar surface area (TPSA) is 81.3 Å². The number of H-pyrrole nitrogens is 1. The van der Waals surface area contributed by atoms with Crippen molar-refractivity contribution in [3.63, 3.8) is 0 Å². The Balaban J connectivity index is 2.20. The number of methoxy groups -OCH3 is 2. The zero-order chi connectivity index (χ0) is 16.1. The number of fused-ring (bicyclic) bond motifs is 3. The summed E-state index contributed by atoms with van der Waals surface area (Å²) < 4.78 is 10.8. The van der Waals surface area contributed by atoms with Crippen LogP contribution in [-0.2, 0) is 0 Å². The fourth-order valence-corrected chi connectivity index (χ4v) is 3.09. The normalized spacial score (nSPS) is 13.0. The fourth-order valence-electron chi connectivity index (χ4n) is 3.09. The van der Waals surface area contributed by atoms with Gasteiger partial charge in [0.15, 0.2) is 23.1 Å². The van der Waals surface area contributed by atoms with Crippen molar-refractivity contribution in [2.45, 2.75) is 0 Å². The van der Waals surface area contributed by atoms with Crippen LogP contribution >= 0.6 is 0 Å². The summed E-state index contributed by atoms with van der Waals surface area (Å²) in [6.45, 7) is 0. The van der Waals surface area contributed by atoms with Gasteiger partial charge in [0.1, 0.15) is 11.0 Å². The molecule has 1 aliphatic rings. The second-order valence-corrected chi connectivity index (χ2v) is 5.15. The summed E-state index contributed by atoms with van der Waals surface area (Å²) in [6, 6.07) is 6.74. The van der Waals surface area contributed by atoms with Crippen molar-refractivity contribution in [1.82, 2.24) is 9.97 Å². The number of carbonyl (C=O) groups is 2. The summed E-state index contributed by atoms with van der Waals surface area (Å²) in [5.74, 6) is 0.0585. The molecule has 0 saturated carbocycles. The predicted molar refractivity (Wildman–Crippen MR) is 82.5 cm³/mol. The highest BCUT2D eigenvalue weighted by Gasteiger charge is 2.37. The Kier molecular flexibility index (Phi) is 2.74. The van der Waals surface area contributed by atoms with Crippen LogP contribution in [0.3, 0.4) is 0 Å². The van der Waals surface area contributed by atoms with Crippen LogP contribution in [0.4, 0.5) is 0 Å². The van der Waals surface area contributed by atoms with Gasteiger partial charge in [-0.3, -0.25) is 9.59 Å².